The number of rotatable bonds is 9. The Morgan fingerprint density at radius 1 is 1.11 bits per heavy atom. The molecule has 4 amide bonds. The van der Waals surface area contributed by atoms with E-state index in [1.807, 2.05) is 27.7 Å². The molecule has 0 aliphatic carbocycles. The molecule has 2 fully saturated rings. The average molecular weight is 501 g/mol. The second-order valence-electron chi connectivity index (χ2n) is 10.2. The zero-order chi connectivity index (χ0) is 26.3. The maximum atomic E-state index is 13.3. The predicted octanol–water partition coefficient (Wildman–Crippen LogP) is 3.79. The van der Waals surface area contributed by atoms with Gasteiger partial charge in [0.1, 0.15) is 11.6 Å². The molecule has 0 radical (unpaired) electrons. The lowest BCUT2D eigenvalue weighted by Gasteiger charge is -2.51. The monoisotopic (exact) mass is 500 g/mol. The zero-order valence-electron chi connectivity index (χ0n) is 22.0. The number of piperidine rings is 1. The topological polar surface area (TPSA) is 108 Å². The van der Waals surface area contributed by atoms with E-state index in [-0.39, 0.29) is 23.8 Å². The summed E-state index contributed by atoms with van der Waals surface area (Å²) >= 11 is 0. The minimum atomic E-state index is -0.906. The standard InChI is InChI=1S/C27H40N4O5/c1-5-7-17-36-24(33)20-8-10-21(11-9-20)28-26(35)30-15-12-27(13-16-30)25(34)29-22(18-19(3)4)23(32)31(27)14-6-2/h8-11,19,22H,5-7,12-18H2,1-4H3,(H,28,35)(H,29,34). The summed E-state index contributed by atoms with van der Waals surface area (Å²) in [6.07, 6.45) is 3.95. The van der Waals surface area contributed by atoms with Gasteiger partial charge >= 0.3 is 12.0 Å². The van der Waals surface area contributed by atoms with E-state index in [4.69, 9.17) is 4.74 Å². The van der Waals surface area contributed by atoms with Gasteiger partial charge in [-0.05, 0) is 62.3 Å². The van der Waals surface area contributed by atoms with Gasteiger partial charge in [0.2, 0.25) is 11.8 Å². The van der Waals surface area contributed by atoms with Crippen LogP contribution < -0.4 is 10.6 Å². The Labute approximate surface area is 213 Å². The summed E-state index contributed by atoms with van der Waals surface area (Å²) in [4.78, 5) is 54.9. The number of hydrogen-bond donors (Lipinski definition) is 2. The largest absolute Gasteiger partial charge is 0.462 e. The van der Waals surface area contributed by atoms with Gasteiger partial charge in [-0.3, -0.25) is 9.59 Å². The quantitative estimate of drug-likeness (QED) is 0.396. The molecule has 36 heavy (non-hydrogen) atoms. The number of unbranched alkanes of at least 4 members (excludes halogenated alkanes) is 1. The zero-order valence-corrected chi connectivity index (χ0v) is 22.0. The molecule has 0 bridgehead atoms. The minimum Gasteiger partial charge on any atom is -0.462 e. The van der Waals surface area contributed by atoms with Crippen molar-refractivity contribution in [1.82, 2.24) is 15.1 Å². The highest BCUT2D eigenvalue weighted by atomic mass is 16.5. The van der Waals surface area contributed by atoms with Crippen molar-refractivity contribution in [3.05, 3.63) is 29.8 Å². The van der Waals surface area contributed by atoms with Crippen LogP contribution >= 0.6 is 0 Å². The maximum Gasteiger partial charge on any atom is 0.338 e. The molecule has 2 heterocycles. The number of benzene rings is 1. The summed E-state index contributed by atoms with van der Waals surface area (Å²) in [5.74, 6) is -0.211. The van der Waals surface area contributed by atoms with Gasteiger partial charge in [-0.2, -0.15) is 0 Å². The van der Waals surface area contributed by atoms with E-state index in [1.54, 1.807) is 34.1 Å². The number of nitrogens with zero attached hydrogens (tertiary/aromatic N) is 2. The van der Waals surface area contributed by atoms with Crippen molar-refractivity contribution in [3.63, 3.8) is 0 Å². The van der Waals surface area contributed by atoms with Gasteiger partial charge in [0, 0.05) is 25.3 Å². The molecule has 1 aromatic carbocycles. The number of likely N-dealkylation sites (tertiary alicyclic amines) is 1. The molecule has 2 saturated heterocycles. The van der Waals surface area contributed by atoms with Crippen LogP contribution in [-0.4, -0.2) is 71.4 Å². The summed E-state index contributed by atoms with van der Waals surface area (Å²) in [5, 5.41) is 5.83. The molecule has 9 heteroatoms. The number of anilines is 1. The Morgan fingerprint density at radius 3 is 2.36 bits per heavy atom. The van der Waals surface area contributed by atoms with Gasteiger partial charge in [-0.15, -0.1) is 0 Å². The van der Waals surface area contributed by atoms with E-state index >= 15 is 0 Å². The molecule has 1 atom stereocenters. The Balaban J connectivity index is 1.60. The van der Waals surface area contributed by atoms with Gasteiger partial charge in [-0.1, -0.05) is 34.1 Å². The number of esters is 1. The summed E-state index contributed by atoms with van der Waals surface area (Å²) in [6, 6.07) is 5.84. The predicted molar refractivity (Wildman–Crippen MR) is 138 cm³/mol. The van der Waals surface area contributed by atoms with Crippen molar-refractivity contribution in [2.45, 2.75) is 77.8 Å². The second-order valence-corrected chi connectivity index (χ2v) is 10.2. The third-order valence-corrected chi connectivity index (χ3v) is 6.94. The Hall–Kier alpha value is -3.10. The SMILES string of the molecule is CCCCOC(=O)c1ccc(NC(=O)N2CCC3(CC2)C(=O)NC(CC(C)C)C(=O)N3CCC)cc1. The molecule has 2 aliphatic heterocycles. The lowest BCUT2D eigenvalue weighted by atomic mass is 9.81. The highest BCUT2D eigenvalue weighted by molar-refractivity contribution is 6.00. The number of amides is 4. The van der Waals surface area contributed by atoms with Gasteiger partial charge < -0.3 is 25.2 Å². The number of ether oxygens (including phenoxy) is 1. The highest BCUT2D eigenvalue weighted by Gasteiger charge is 2.53. The molecule has 1 unspecified atom stereocenters. The van der Waals surface area contributed by atoms with E-state index in [2.05, 4.69) is 10.6 Å². The van der Waals surface area contributed by atoms with Gasteiger partial charge in [0.05, 0.1) is 12.2 Å². The molecule has 0 saturated carbocycles. The molecule has 1 spiro atoms. The molecule has 3 rings (SSSR count). The van der Waals surface area contributed by atoms with E-state index in [0.717, 1.165) is 19.3 Å². The molecule has 1 aromatic rings. The molecular weight excluding hydrogens is 460 g/mol. The number of nitrogens with one attached hydrogen (secondary N) is 2. The Kier molecular flexibility index (Phi) is 9.34. The average Bonchev–Trinajstić information content (AvgIpc) is 2.86. The second kappa shape index (κ2) is 12.2. The summed E-state index contributed by atoms with van der Waals surface area (Å²) in [7, 11) is 0. The fourth-order valence-corrected chi connectivity index (χ4v) is 4.92. The fraction of sp³-hybridized carbons (Fsp3) is 0.630. The number of hydrogen-bond acceptors (Lipinski definition) is 5. The lowest BCUT2D eigenvalue weighted by Crippen LogP contribution is -2.73. The van der Waals surface area contributed by atoms with E-state index in [0.29, 0.717) is 62.7 Å². The van der Waals surface area contributed by atoms with Gasteiger partial charge in [0.25, 0.3) is 0 Å². The Morgan fingerprint density at radius 2 is 1.78 bits per heavy atom. The van der Waals surface area contributed by atoms with Crippen molar-refractivity contribution < 1.29 is 23.9 Å². The van der Waals surface area contributed by atoms with Crippen LogP contribution in [0.1, 0.15) is 76.6 Å². The number of piperazine rings is 1. The number of carbonyl (C=O) groups is 4. The van der Waals surface area contributed by atoms with Crippen LogP contribution in [-0.2, 0) is 14.3 Å². The van der Waals surface area contributed by atoms with E-state index < -0.39 is 11.6 Å². The molecule has 2 N–H and O–H groups in total. The van der Waals surface area contributed by atoms with Crippen LogP contribution in [0.5, 0.6) is 0 Å². The first-order chi connectivity index (χ1) is 17.2. The highest BCUT2D eigenvalue weighted by Crippen LogP contribution is 2.34. The lowest BCUT2D eigenvalue weighted by molar-refractivity contribution is -0.161. The van der Waals surface area contributed by atoms with Crippen LogP contribution in [0.3, 0.4) is 0 Å². The van der Waals surface area contributed by atoms with Crippen LogP contribution in [0.15, 0.2) is 24.3 Å². The first kappa shape index (κ1) is 27.5. The smallest absolute Gasteiger partial charge is 0.338 e. The van der Waals surface area contributed by atoms with Crippen molar-refractivity contribution in [3.8, 4) is 0 Å². The van der Waals surface area contributed by atoms with Crippen molar-refractivity contribution in [2.75, 3.05) is 31.6 Å². The summed E-state index contributed by atoms with van der Waals surface area (Å²) < 4.78 is 5.21. The van der Waals surface area contributed by atoms with E-state index in [1.165, 1.54) is 0 Å². The third-order valence-electron chi connectivity index (χ3n) is 6.94. The van der Waals surface area contributed by atoms with Crippen molar-refractivity contribution in [2.24, 2.45) is 5.92 Å². The Bertz CT molecular complexity index is 938. The molecule has 9 nitrogen and oxygen atoms in total. The molecule has 0 aromatic heterocycles. The number of carbonyl (C=O) groups excluding carboxylic acids is 4. The third kappa shape index (κ3) is 6.17. The number of urea groups is 1. The molecule has 2 aliphatic rings. The van der Waals surface area contributed by atoms with Gasteiger partial charge in [-0.25, -0.2) is 9.59 Å². The van der Waals surface area contributed by atoms with Crippen LogP contribution in [0.4, 0.5) is 10.5 Å². The van der Waals surface area contributed by atoms with E-state index in [9.17, 15) is 19.2 Å². The van der Waals surface area contributed by atoms with Crippen molar-refractivity contribution >= 4 is 29.5 Å². The van der Waals surface area contributed by atoms with Crippen LogP contribution in [0, 0.1) is 5.92 Å². The first-order valence-electron chi connectivity index (χ1n) is 13.2. The maximum absolute atomic E-state index is 13.3. The van der Waals surface area contributed by atoms with Crippen LogP contribution in [0.2, 0.25) is 0 Å². The summed E-state index contributed by atoms with van der Waals surface area (Å²) in [6.45, 7) is 9.76. The van der Waals surface area contributed by atoms with Crippen molar-refractivity contribution in [1.29, 1.82) is 0 Å². The first-order valence-corrected chi connectivity index (χ1v) is 13.2. The van der Waals surface area contributed by atoms with Gasteiger partial charge in [0.15, 0.2) is 0 Å². The molecular formula is C27H40N4O5. The fourth-order valence-electron chi connectivity index (χ4n) is 4.92. The minimum absolute atomic E-state index is 0.0173. The molecule has 198 valence electrons. The summed E-state index contributed by atoms with van der Waals surface area (Å²) in [5.41, 5.74) is 0.0980. The van der Waals surface area contributed by atoms with Crippen LogP contribution in [0.25, 0.3) is 0 Å². The normalized spacial score (nSPS) is 19.4.